The van der Waals surface area contributed by atoms with E-state index in [0.717, 1.165) is 24.1 Å². The topological polar surface area (TPSA) is 70.6 Å². The molecule has 0 amide bonds. The van der Waals surface area contributed by atoms with Crippen LogP contribution in [0.5, 0.6) is 5.75 Å². The number of hydrogen-bond acceptors (Lipinski definition) is 2. The molecule has 0 atom stereocenters. The number of aliphatic imine (C=N–C) groups is 1. The molecule has 0 spiro atoms. The second kappa shape index (κ2) is 9.30. The van der Waals surface area contributed by atoms with Gasteiger partial charge >= 0.3 is 0 Å². The van der Waals surface area contributed by atoms with Crippen molar-refractivity contribution in [2.45, 2.75) is 19.8 Å². The van der Waals surface area contributed by atoms with Gasteiger partial charge in [0.25, 0.3) is 0 Å². The summed E-state index contributed by atoms with van der Waals surface area (Å²) in [6.07, 6.45) is 1.76. The molecule has 0 bridgehead atoms. The number of hydrogen-bond donors (Lipinski definition) is 3. The van der Waals surface area contributed by atoms with Gasteiger partial charge in [-0.3, -0.25) is 4.99 Å². The van der Waals surface area contributed by atoms with Crippen molar-refractivity contribution >= 4 is 35.6 Å². The summed E-state index contributed by atoms with van der Waals surface area (Å²) in [5, 5.41) is 12.5. The van der Waals surface area contributed by atoms with Gasteiger partial charge in [0, 0.05) is 12.2 Å². The minimum Gasteiger partial charge on any atom is -0.508 e. The Kier molecular flexibility index (Phi) is 7.73. The summed E-state index contributed by atoms with van der Waals surface area (Å²) >= 11 is 0. The average Bonchev–Trinajstić information content (AvgIpc) is 2.48. The van der Waals surface area contributed by atoms with E-state index in [4.69, 9.17) is 5.73 Å². The molecule has 0 saturated heterocycles. The lowest BCUT2D eigenvalue weighted by Gasteiger charge is -2.06. The molecule has 0 aromatic heterocycles. The molecule has 0 heterocycles. The van der Waals surface area contributed by atoms with Crippen LogP contribution in [-0.4, -0.2) is 17.6 Å². The highest BCUT2D eigenvalue weighted by molar-refractivity contribution is 14.0. The van der Waals surface area contributed by atoms with Crippen LogP contribution in [0.25, 0.3) is 0 Å². The molecule has 0 aliphatic rings. The summed E-state index contributed by atoms with van der Waals surface area (Å²) in [6.45, 7) is 2.70. The molecule has 5 heteroatoms. The van der Waals surface area contributed by atoms with Gasteiger partial charge < -0.3 is 16.2 Å². The maximum Gasteiger partial charge on any atom is 0.193 e. The number of nitrogens with one attached hydrogen (secondary N) is 1. The highest BCUT2D eigenvalue weighted by Crippen LogP contribution is 2.11. The number of nitrogens with two attached hydrogens (primary N) is 1. The van der Waals surface area contributed by atoms with Gasteiger partial charge in [-0.2, -0.15) is 0 Å². The van der Waals surface area contributed by atoms with E-state index in [1.807, 2.05) is 24.3 Å². The zero-order chi connectivity index (χ0) is 15.1. The predicted octanol–water partition coefficient (Wildman–Crippen LogP) is 3.54. The number of aryl methyl sites for hydroxylation is 1. The van der Waals surface area contributed by atoms with Crippen LogP contribution >= 0.6 is 24.0 Å². The fourth-order valence-corrected chi connectivity index (χ4v) is 2.03. The normalized spacial score (nSPS) is 10.9. The van der Waals surface area contributed by atoms with Crippen molar-refractivity contribution in [2.24, 2.45) is 10.7 Å². The highest BCUT2D eigenvalue weighted by atomic mass is 127. The van der Waals surface area contributed by atoms with E-state index >= 15 is 0 Å². The summed E-state index contributed by atoms with van der Waals surface area (Å²) in [7, 11) is 0. The van der Waals surface area contributed by atoms with Crippen LogP contribution in [-0.2, 0) is 12.8 Å². The molecule has 2 aromatic carbocycles. The molecule has 22 heavy (non-hydrogen) atoms. The number of rotatable bonds is 5. The molecule has 0 unspecified atom stereocenters. The summed E-state index contributed by atoms with van der Waals surface area (Å²) in [6, 6.07) is 15.3. The fraction of sp³-hybridized carbons (Fsp3) is 0.235. The van der Waals surface area contributed by atoms with Gasteiger partial charge in [0.2, 0.25) is 0 Å². The van der Waals surface area contributed by atoms with Gasteiger partial charge in [0.15, 0.2) is 5.96 Å². The number of phenolic OH excluding ortho intramolecular Hbond substituents is 1. The Labute approximate surface area is 148 Å². The maximum atomic E-state index is 9.39. The van der Waals surface area contributed by atoms with Crippen LogP contribution in [0.1, 0.15) is 18.1 Å². The zero-order valence-corrected chi connectivity index (χ0v) is 15.0. The Morgan fingerprint density at radius 3 is 2.50 bits per heavy atom. The van der Waals surface area contributed by atoms with E-state index in [-0.39, 0.29) is 29.7 Å². The van der Waals surface area contributed by atoms with Gasteiger partial charge in [-0.25, -0.2) is 0 Å². The quantitative estimate of drug-likeness (QED) is 0.401. The fourth-order valence-electron chi connectivity index (χ4n) is 2.03. The molecule has 4 N–H and O–H groups in total. The number of phenols is 1. The third-order valence-corrected chi connectivity index (χ3v) is 3.23. The lowest BCUT2D eigenvalue weighted by atomic mass is 10.1. The monoisotopic (exact) mass is 411 g/mol. The molecule has 0 aliphatic carbocycles. The summed E-state index contributed by atoms with van der Waals surface area (Å²) in [5.74, 6) is 0.679. The van der Waals surface area contributed by atoms with Crippen molar-refractivity contribution in [1.29, 1.82) is 0 Å². The molecule has 2 rings (SSSR count). The molecular formula is C17H22IN3O. The summed E-state index contributed by atoms with van der Waals surface area (Å²) in [4.78, 5) is 4.29. The van der Waals surface area contributed by atoms with Crippen LogP contribution in [0.4, 0.5) is 5.69 Å². The minimum absolute atomic E-state index is 0. The number of guanidine groups is 1. The summed E-state index contributed by atoms with van der Waals surface area (Å²) in [5.41, 5.74) is 9.13. The molecular weight excluding hydrogens is 389 g/mol. The maximum absolute atomic E-state index is 9.39. The van der Waals surface area contributed by atoms with E-state index in [1.54, 1.807) is 12.1 Å². The molecule has 0 fully saturated rings. The van der Waals surface area contributed by atoms with Crippen molar-refractivity contribution in [3.63, 3.8) is 0 Å². The van der Waals surface area contributed by atoms with E-state index in [0.29, 0.717) is 12.5 Å². The van der Waals surface area contributed by atoms with Crippen LogP contribution in [0, 0.1) is 0 Å². The first-order valence-electron chi connectivity index (χ1n) is 7.11. The Bertz CT molecular complexity index is 612. The van der Waals surface area contributed by atoms with E-state index in [9.17, 15) is 5.11 Å². The Balaban J connectivity index is 0.00000242. The second-order valence-electron chi connectivity index (χ2n) is 4.86. The van der Waals surface area contributed by atoms with Crippen molar-refractivity contribution < 1.29 is 5.11 Å². The van der Waals surface area contributed by atoms with Gasteiger partial charge in [-0.05, 0) is 48.2 Å². The minimum atomic E-state index is 0. The van der Waals surface area contributed by atoms with Crippen molar-refractivity contribution in [2.75, 3.05) is 11.9 Å². The first kappa shape index (κ1) is 18.3. The largest absolute Gasteiger partial charge is 0.508 e. The number of aromatic hydroxyl groups is 1. The number of halogens is 1. The van der Waals surface area contributed by atoms with E-state index in [1.165, 1.54) is 5.56 Å². The molecule has 0 saturated carbocycles. The first-order chi connectivity index (χ1) is 10.2. The smallest absolute Gasteiger partial charge is 0.193 e. The van der Waals surface area contributed by atoms with Gasteiger partial charge in [-0.15, -0.1) is 24.0 Å². The lowest BCUT2D eigenvalue weighted by Crippen LogP contribution is -2.23. The van der Waals surface area contributed by atoms with Crippen molar-refractivity contribution in [1.82, 2.24) is 0 Å². The number of nitrogens with zero attached hydrogens (tertiary/aromatic N) is 1. The van der Waals surface area contributed by atoms with Crippen LogP contribution in [0.15, 0.2) is 53.5 Å². The van der Waals surface area contributed by atoms with E-state index in [2.05, 4.69) is 29.4 Å². The molecule has 118 valence electrons. The van der Waals surface area contributed by atoms with Crippen molar-refractivity contribution in [3.8, 4) is 5.75 Å². The zero-order valence-electron chi connectivity index (χ0n) is 12.6. The molecule has 4 nitrogen and oxygen atoms in total. The third kappa shape index (κ3) is 5.93. The van der Waals surface area contributed by atoms with Gasteiger partial charge in [0.05, 0.1) is 0 Å². The molecule has 2 aromatic rings. The lowest BCUT2D eigenvalue weighted by molar-refractivity contribution is 0.474. The van der Waals surface area contributed by atoms with Gasteiger partial charge in [-0.1, -0.05) is 31.2 Å². The van der Waals surface area contributed by atoms with Crippen LogP contribution in [0.3, 0.4) is 0 Å². The van der Waals surface area contributed by atoms with Crippen LogP contribution in [0.2, 0.25) is 0 Å². The predicted molar refractivity (Wildman–Crippen MR) is 103 cm³/mol. The Morgan fingerprint density at radius 2 is 1.86 bits per heavy atom. The number of benzene rings is 2. The summed E-state index contributed by atoms with van der Waals surface area (Å²) < 4.78 is 0. The SMILES string of the molecule is CCc1ccc(NC(N)=NCCc2cccc(O)c2)cc1.I. The Hall–Kier alpha value is -1.76. The van der Waals surface area contributed by atoms with Gasteiger partial charge in [0.1, 0.15) is 5.75 Å². The molecule has 0 radical (unpaired) electrons. The standard InChI is InChI=1S/C17H21N3O.HI/c1-2-13-6-8-15(9-7-13)20-17(18)19-11-10-14-4-3-5-16(21)12-14;/h3-9,12,21H,2,10-11H2,1H3,(H3,18,19,20);1H. The third-order valence-electron chi connectivity index (χ3n) is 3.23. The first-order valence-corrected chi connectivity index (χ1v) is 7.11. The average molecular weight is 411 g/mol. The second-order valence-corrected chi connectivity index (χ2v) is 4.86. The molecule has 0 aliphatic heterocycles. The highest BCUT2D eigenvalue weighted by Gasteiger charge is 1.97. The number of anilines is 1. The van der Waals surface area contributed by atoms with Crippen molar-refractivity contribution in [3.05, 3.63) is 59.7 Å². The van der Waals surface area contributed by atoms with Crippen LogP contribution < -0.4 is 11.1 Å². The van der Waals surface area contributed by atoms with E-state index < -0.39 is 0 Å². The Morgan fingerprint density at radius 1 is 1.14 bits per heavy atom.